The molecule has 0 spiro atoms. The van der Waals surface area contributed by atoms with E-state index in [0.29, 0.717) is 29.6 Å². The van der Waals surface area contributed by atoms with E-state index >= 15 is 0 Å². The van der Waals surface area contributed by atoms with Gasteiger partial charge in [0.15, 0.2) is 0 Å². The van der Waals surface area contributed by atoms with E-state index in [9.17, 15) is 9.59 Å². The molecule has 2 unspecified atom stereocenters. The van der Waals surface area contributed by atoms with Crippen molar-refractivity contribution in [2.24, 2.45) is 5.92 Å². The zero-order chi connectivity index (χ0) is 23.8. The standard InChI is InChI=1S/C26H30Cl2N2O3/c1-26(2,3)33-25(32)30(15-16-6-4-7-18(27)12-16)11-10-17-13-23-21(14-22(17)28)19-8-5-9-20(19)24(31)29-23/h4,6-7,12-14,19-20H,5,8-11,15H2,1-3H3,(H,29,31). The molecule has 2 aromatic carbocycles. The summed E-state index contributed by atoms with van der Waals surface area (Å²) in [7, 11) is 0. The van der Waals surface area contributed by atoms with E-state index in [1.165, 1.54) is 0 Å². The van der Waals surface area contributed by atoms with E-state index in [1.54, 1.807) is 11.0 Å². The van der Waals surface area contributed by atoms with Gasteiger partial charge in [-0.15, -0.1) is 0 Å². The summed E-state index contributed by atoms with van der Waals surface area (Å²) in [6.07, 6.45) is 3.17. The number of hydrogen-bond acceptors (Lipinski definition) is 3. The Morgan fingerprint density at radius 3 is 2.64 bits per heavy atom. The van der Waals surface area contributed by atoms with Crippen LogP contribution in [0.5, 0.6) is 0 Å². The number of carbonyl (C=O) groups excluding carboxylic acids is 2. The van der Waals surface area contributed by atoms with Gasteiger partial charge in [0, 0.05) is 34.7 Å². The second-order valence-electron chi connectivity index (χ2n) is 9.95. The number of halogens is 2. The average Bonchev–Trinajstić information content (AvgIpc) is 3.21. The smallest absolute Gasteiger partial charge is 0.410 e. The number of nitrogens with zero attached hydrogens (tertiary/aromatic N) is 1. The van der Waals surface area contributed by atoms with Gasteiger partial charge in [-0.1, -0.05) is 41.8 Å². The van der Waals surface area contributed by atoms with Crippen molar-refractivity contribution in [2.45, 2.75) is 64.5 Å². The third-order valence-electron chi connectivity index (χ3n) is 6.29. The Morgan fingerprint density at radius 1 is 1.15 bits per heavy atom. The molecular weight excluding hydrogens is 459 g/mol. The maximum Gasteiger partial charge on any atom is 0.410 e. The monoisotopic (exact) mass is 488 g/mol. The van der Waals surface area contributed by atoms with E-state index in [0.717, 1.165) is 41.6 Å². The fourth-order valence-corrected chi connectivity index (χ4v) is 5.26. The lowest BCUT2D eigenvalue weighted by Gasteiger charge is -2.30. The fraction of sp³-hybridized carbons (Fsp3) is 0.462. The van der Waals surface area contributed by atoms with Gasteiger partial charge in [0.2, 0.25) is 5.91 Å². The zero-order valence-corrected chi connectivity index (χ0v) is 20.8. The molecule has 7 heteroatoms. The fourth-order valence-electron chi connectivity index (χ4n) is 4.78. The van der Waals surface area contributed by atoms with Gasteiger partial charge in [-0.25, -0.2) is 4.79 Å². The van der Waals surface area contributed by atoms with Crippen LogP contribution in [0.3, 0.4) is 0 Å². The maximum atomic E-state index is 12.9. The van der Waals surface area contributed by atoms with E-state index in [-0.39, 0.29) is 17.7 Å². The number of benzene rings is 2. The van der Waals surface area contributed by atoms with E-state index in [2.05, 4.69) is 5.32 Å². The number of nitrogens with one attached hydrogen (secondary N) is 1. The van der Waals surface area contributed by atoms with E-state index in [4.69, 9.17) is 27.9 Å². The lowest BCUT2D eigenvalue weighted by Crippen LogP contribution is -2.37. The van der Waals surface area contributed by atoms with Gasteiger partial charge in [-0.2, -0.15) is 0 Å². The minimum absolute atomic E-state index is 0.0553. The summed E-state index contributed by atoms with van der Waals surface area (Å²) < 4.78 is 5.64. The number of fused-ring (bicyclic) bond motifs is 3. The summed E-state index contributed by atoms with van der Waals surface area (Å²) in [5, 5.41) is 4.36. The van der Waals surface area contributed by atoms with Crippen molar-refractivity contribution >= 4 is 40.9 Å². The molecule has 5 nitrogen and oxygen atoms in total. The highest BCUT2D eigenvalue weighted by Crippen LogP contribution is 2.47. The van der Waals surface area contributed by atoms with Gasteiger partial charge in [-0.3, -0.25) is 4.79 Å². The van der Waals surface area contributed by atoms with Crippen LogP contribution in [0.15, 0.2) is 36.4 Å². The number of carbonyl (C=O) groups is 2. The second-order valence-corrected chi connectivity index (χ2v) is 10.8. The first-order valence-corrected chi connectivity index (χ1v) is 12.2. The van der Waals surface area contributed by atoms with Crippen molar-refractivity contribution in [3.8, 4) is 0 Å². The van der Waals surface area contributed by atoms with Crippen LogP contribution in [-0.4, -0.2) is 29.0 Å². The third-order valence-corrected chi connectivity index (χ3v) is 6.88. The minimum Gasteiger partial charge on any atom is -0.444 e. The third kappa shape index (κ3) is 5.64. The van der Waals surface area contributed by atoms with Crippen LogP contribution in [0.25, 0.3) is 0 Å². The van der Waals surface area contributed by atoms with Gasteiger partial charge in [0.1, 0.15) is 5.60 Å². The molecule has 2 aromatic rings. The lowest BCUT2D eigenvalue weighted by molar-refractivity contribution is -0.120. The molecule has 2 atom stereocenters. The first-order valence-electron chi connectivity index (χ1n) is 11.5. The van der Waals surface area contributed by atoms with Gasteiger partial charge in [-0.05, 0) is 86.9 Å². The van der Waals surface area contributed by atoms with Crippen molar-refractivity contribution in [3.63, 3.8) is 0 Å². The summed E-state index contributed by atoms with van der Waals surface area (Å²) in [4.78, 5) is 27.1. The molecule has 1 aliphatic carbocycles. The van der Waals surface area contributed by atoms with Crippen LogP contribution in [0, 0.1) is 5.92 Å². The van der Waals surface area contributed by atoms with Crippen LogP contribution in [0.1, 0.15) is 62.6 Å². The zero-order valence-electron chi connectivity index (χ0n) is 19.3. The van der Waals surface area contributed by atoms with Crippen molar-refractivity contribution in [1.29, 1.82) is 0 Å². The van der Waals surface area contributed by atoms with Crippen molar-refractivity contribution in [2.75, 3.05) is 11.9 Å². The second kappa shape index (κ2) is 9.55. The van der Waals surface area contributed by atoms with Crippen LogP contribution >= 0.6 is 23.2 Å². The Morgan fingerprint density at radius 2 is 1.91 bits per heavy atom. The van der Waals surface area contributed by atoms with E-state index in [1.807, 2.05) is 51.1 Å². The molecule has 0 radical (unpaired) electrons. The molecule has 0 bridgehead atoms. The highest BCUT2D eigenvalue weighted by molar-refractivity contribution is 6.31. The summed E-state index contributed by atoms with van der Waals surface area (Å²) in [6.45, 7) is 6.34. The molecule has 176 valence electrons. The number of hydrogen-bond donors (Lipinski definition) is 1. The molecule has 0 saturated heterocycles. The molecule has 1 aliphatic heterocycles. The van der Waals surface area contributed by atoms with Crippen LogP contribution in [-0.2, 0) is 22.5 Å². The predicted octanol–water partition coefficient (Wildman–Crippen LogP) is 6.81. The lowest BCUT2D eigenvalue weighted by atomic mass is 9.83. The first-order chi connectivity index (χ1) is 15.6. The van der Waals surface area contributed by atoms with Crippen LogP contribution in [0.2, 0.25) is 10.0 Å². The van der Waals surface area contributed by atoms with Crippen molar-refractivity contribution in [3.05, 3.63) is 63.1 Å². The minimum atomic E-state index is -0.602. The van der Waals surface area contributed by atoms with Gasteiger partial charge < -0.3 is 15.0 Å². The van der Waals surface area contributed by atoms with Gasteiger partial charge >= 0.3 is 6.09 Å². The van der Waals surface area contributed by atoms with Crippen LogP contribution < -0.4 is 5.32 Å². The predicted molar refractivity (Wildman–Crippen MR) is 132 cm³/mol. The molecular formula is C26H30Cl2N2O3. The number of amides is 2. The Balaban J connectivity index is 1.54. The van der Waals surface area contributed by atoms with Crippen molar-refractivity contribution < 1.29 is 14.3 Å². The molecule has 1 saturated carbocycles. The highest BCUT2D eigenvalue weighted by Gasteiger charge is 2.39. The molecule has 1 N–H and O–H groups in total. The van der Waals surface area contributed by atoms with Crippen molar-refractivity contribution in [1.82, 2.24) is 4.90 Å². The molecule has 33 heavy (non-hydrogen) atoms. The molecule has 1 heterocycles. The van der Waals surface area contributed by atoms with Gasteiger partial charge in [0.25, 0.3) is 0 Å². The van der Waals surface area contributed by atoms with E-state index < -0.39 is 11.7 Å². The Hall–Kier alpha value is -2.24. The SMILES string of the molecule is CC(C)(C)OC(=O)N(CCc1cc2c(cc1Cl)C1CCCC1C(=O)N2)Cc1cccc(Cl)c1. The normalized spacial score (nSPS) is 19.5. The number of ether oxygens (including phenoxy) is 1. The summed E-state index contributed by atoms with van der Waals surface area (Å²) >= 11 is 12.8. The Bertz CT molecular complexity index is 1060. The topological polar surface area (TPSA) is 58.6 Å². The summed E-state index contributed by atoms with van der Waals surface area (Å²) in [5.41, 5.74) is 3.20. The Labute approximate surface area is 205 Å². The maximum absolute atomic E-state index is 12.9. The quantitative estimate of drug-likeness (QED) is 0.502. The average molecular weight is 489 g/mol. The molecule has 4 rings (SSSR count). The summed E-state index contributed by atoms with van der Waals surface area (Å²) in [5.74, 6) is 0.413. The largest absolute Gasteiger partial charge is 0.444 e. The summed E-state index contributed by atoms with van der Waals surface area (Å²) in [6, 6.07) is 11.4. The first kappa shape index (κ1) is 23.9. The molecule has 1 fully saturated rings. The highest BCUT2D eigenvalue weighted by atomic mass is 35.5. The molecule has 0 aromatic heterocycles. The molecule has 2 aliphatic rings. The van der Waals surface area contributed by atoms with Gasteiger partial charge in [0.05, 0.1) is 0 Å². The Kier molecular flexibility index (Phi) is 6.92. The number of anilines is 1. The van der Waals surface area contributed by atoms with Crippen LogP contribution in [0.4, 0.5) is 10.5 Å². The molecule has 2 amide bonds. The number of rotatable bonds is 5.